The largest absolute Gasteiger partial charge is 0.462 e. The first-order valence-electron chi connectivity index (χ1n) is 5.82. The third kappa shape index (κ3) is 2.29. The summed E-state index contributed by atoms with van der Waals surface area (Å²) in [6.45, 7) is 2.02. The molecule has 0 fully saturated rings. The molecule has 0 spiro atoms. The third-order valence-electron chi connectivity index (χ3n) is 2.67. The lowest BCUT2D eigenvalue weighted by molar-refractivity contribution is 0.0526. The van der Waals surface area contributed by atoms with Gasteiger partial charge in [-0.15, -0.1) is 0 Å². The first-order valence-corrected chi connectivity index (χ1v) is 5.82. The van der Waals surface area contributed by atoms with E-state index in [9.17, 15) is 4.79 Å². The minimum atomic E-state index is -0.456. The van der Waals surface area contributed by atoms with Crippen molar-refractivity contribution in [3.63, 3.8) is 0 Å². The van der Waals surface area contributed by atoms with Crippen molar-refractivity contribution in [3.8, 4) is 11.8 Å². The summed E-state index contributed by atoms with van der Waals surface area (Å²) in [7, 11) is 0. The zero-order chi connectivity index (χ0) is 13.8. The maximum absolute atomic E-state index is 11.9. The van der Waals surface area contributed by atoms with Crippen molar-refractivity contribution in [2.75, 3.05) is 12.3 Å². The fourth-order valence-corrected chi connectivity index (χ4v) is 1.87. The topological polar surface area (TPSA) is 81.0 Å². The van der Waals surface area contributed by atoms with E-state index in [0.29, 0.717) is 22.6 Å². The number of aromatic nitrogens is 1. The van der Waals surface area contributed by atoms with E-state index < -0.39 is 5.97 Å². The summed E-state index contributed by atoms with van der Waals surface area (Å²) in [6.07, 6.45) is 1.69. The molecule has 0 atom stereocenters. The van der Waals surface area contributed by atoms with Crippen LogP contribution in [0.4, 0.5) is 5.69 Å². The maximum Gasteiger partial charge on any atom is 0.340 e. The van der Waals surface area contributed by atoms with Gasteiger partial charge in [-0.1, -0.05) is 6.07 Å². The van der Waals surface area contributed by atoms with E-state index in [4.69, 9.17) is 15.7 Å². The minimum Gasteiger partial charge on any atom is -0.462 e. The number of nitrogen functional groups attached to an aromatic ring is 1. The quantitative estimate of drug-likeness (QED) is 0.672. The van der Waals surface area contributed by atoms with E-state index in [1.165, 1.54) is 0 Å². The Morgan fingerprint density at radius 2 is 2.21 bits per heavy atom. The van der Waals surface area contributed by atoms with Gasteiger partial charge in [0, 0.05) is 6.20 Å². The smallest absolute Gasteiger partial charge is 0.340 e. The Balaban J connectivity index is 2.63. The van der Waals surface area contributed by atoms with Crippen molar-refractivity contribution in [1.29, 1.82) is 5.26 Å². The lowest BCUT2D eigenvalue weighted by Gasteiger charge is -2.13. The summed E-state index contributed by atoms with van der Waals surface area (Å²) in [5, 5.41) is 9.06. The number of benzene rings is 1. The highest BCUT2D eigenvalue weighted by Crippen LogP contribution is 2.24. The minimum absolute atomic E-state index is 0.282. The van der Waals surface area contributed by atoms with Crippen molar-refractivity contribution >= 4 is 11.7 Å². The number of hydrogen-bond donors (Lipinski definition) is 1. The lowest BCUT2D eigenvalue weighted by atomic mass is 10.1. The Morgan fingerprint density at radius 3 is 2.89 bits per heavy atom. The standard InChI is InChI=1S/C14H13N3O2/c1-2-19-14(18)11-6-3-7-12(16)13(11)17-8-4-5-10(17)9-15/h3-8H,2,16H2,1H3. The molecule has 0 radical (unpaired) electrons. The van der Waals surface area contributed by atoms with Crippen molar-refractivity contribution in [2.24, 2.45) is 0 Å². The Kier molecular flexibility index (Phi) is 3.53. The number of para-hydroxylation sites is 1. The van der Waals surface area contributed by atoms with Crippen molar-refractivity contribution in [1.82, 2.24) is 4.57 Å². The number of nitrogens with two attached hydrogens (primary N) is 1. The molecule has 5 nitrogen and oxygen atoms in total. The zero-order valence-electron chi connectivity index (χ0n) is 10.5. The zero-order valence-corrected chi connectivity index (χ0v) is 10.5. The monoisotopic (exact) mass is 255 g/mol. The first kappa shape index (κ1) is 12.7. The van der Waals surface area contributed by atoms with Gasteiger partial charge in [0.05, 0.1) is 23.5 Å². The summed E-state index contributed by atoms with van der Waals surface area (Å²) in [6, 6.07) is 10.4. The molecule has 0 amide bonds. The van der Waals surface area contributed by atoms with E-state index >= 15 is 0 Å². The number of ether oxygens (including phenoxy) is 1. The fourth-order valence-electron chi connectivity index (χ4n) is 1.87. The molecule has 0 aliphatic heterocycles. The molecule has 0 aliphatic carbocycles. The van der Waals surface area contributed by atoms with E-state index in [2.05, 4.69) is 6.07 Å². The van der Waals surface area contributed by atoms with Crippen LogP contribution in [0.3, 0.4) is 0 Å². The first-order chi connectivity index (χ1) is 9.19. The highest BCUT2D eigenvalue weighted by atomic mass is 16.5. The summed E-state index contributed by atoms with van der Waals surface area (Å²) >= 11 is 0. The Labute approximate surface area is 110 Å². The molecule has 2 N–H and O–H groups in total. The molecule has 1 aromatic carbocycles. The molecule has 1 aromatic heterocycles. The number of carbonyl (C=O) groups excluding carboxylic acids is 1. The van der Waals surface area contributed by atoms with E-state index in [-0.39, 0.29) is 6.61 Å². The van der Waals surface area contributed by atoms with Gasteiger partial charge in [0.15, 0.2) is 0 Å². The van der Waals surface area contributed by atoms with Crippen LogP contribution < -0.4 is 5.73 Å². The van der Waals surface area contributed by atoms with Crippen LogP contribution in [0, 0.1) is 11.3 Å². The summed E-state index contributed by atoms with van der Waals surface area (Å²) in [4.78, 5) is 11.9. The normalized spacial score (nSPS) is 9.89. The number of hydrogen-bond acceptors (Lipinski definition) is 4. The molecule has 19 heavy (non-hydrogen) atoms. The molecule has 96 valence electrons. The molecule has 0 saturated heterocycles. The van der Waals surface area contributed by atoms with E-state index in [1.807, 2.05) is 0 Å². The van der Waals surface area contributed by atoms with Crippen LogP contribution in [0.25, 0.3) is 5.69 Å². The van der Waals surface area contributed by atoms with Gasteiger partial charge in [0.2, 0.25) is 0 Å². The SMILES string of the molecule is CCOC(=O)c1cccc(N)c1-n1cccc1C#N. The summed E-state index contributed by atoms with van der Waals surface area (Å²) in [5.74, 6) is -0.456. The Morgan fingerprint density at radius 1 is 1.42 bits per heavy atom. The Bertz CT molecular complexity index is 653. The second-order valence-corrected chi connectivity index (χ2v) is 3.84. The molecule has 0 saturated carbocycles. The van der Waals surface area contributed by atoms with Crippen LogP contribution in [0.2, 0.25) is 0 Å². The molecule has 5 heteroatoms. The summed E-state index contributed by atoms with van der Waals surface area (Å²) < 4.78 is 6.59. The van der Waals surface area contributed by atoms with Crippen molar-refractivity contribution in [2.45, 2.75) is 6.92 Å². The molecular formula is C14H13N3O2. The van der Waals surface area contributed by atoms with Crippen LogP contribution in [0.5, 0.6) is 0 Å². The molecule has 2 aromatic rings. The predicted octanol–water partition coefficient (Wildman–Crippen LogP) is 2.11. The highest BCUT2D eigenvalue weighted by molar-refractivity contribution is 5.96. The van der Waals surface area contributed by atoms with Gasteiger partial charge in [0.1, 0.15) is 11.8 Å². The third-order valence-corrected chi connectivity index (χ3v) is 2.67. The van der Waals surface area contributed by atoms with Gasteiger partial charge in [-0.05, 0) is 31.2 Å². The van der Waals surface area contributed by atoms with Gasteiger partial charge in [-0.3, -0.25) is 0 Å². The van der Waals surface area contributed by atoms with E-state index in [0.717, 1.165) is 0 Å². The van der Waals surface area contributed by atoms with Crippen LogP contribution in [0.1, 0.15) is 23.0 Å². The van der Waals surface area contributed by atoms with Crippen molar-refractivity contribution < 1.29 is 9.53 Å². The van der Waals surface area contributed by atoms with Crippen LogP contribution in [-0.2, 0) is 4.74 Å². The molecule has 0 bridgehead atoms. The van der Waals surface area contributed by atoms with E-state index in [1.54, 1.807) is 48.0 Å². The highest BCUT2D eigenvalue weighted by Gasteiger charge is 2.17. The van der Waals surface area contributed by atoms with Crippen LogP contribution >= 0.6 is 0 Å². The molecule has 1 heterocycles. The molecule has 2 rings (SSSR count). The number of anilines is 1. The second kappa shape index (κ2) is 5.27. The van der Waals surface area contributed by atoms with Gasteiger partial charge >= 0.3 is 5.97 Å². The number of esters is 1. The second-order valence-electron chi connectivity index (χ2n) is 3.84. The summed E-state index contributed by atoms with van der Waals surface area (Å²) in [5.41, 5.74) is 7.57. The van der Waals surface area contributed by atoms with Gasteiger partial charge in [-0.25, -0.2) is 4.79 Å². The van der Waals surface area contributed by atoms with Crippen LogP contribution in [-0.4, -0.2) is 17.1 Å². The van der Waals surface area contributed by atoms with Gasteiger partial charge in [-0.2, -0.15) is 5.26 Å². The number of nitrogens with zero attached hydrogens (tertiary/aromatic N) is 2. The Hall–Kier alpha value is -2.74. The average Bonchev–Trinajstić information content (AvgIpc) is 2.86. The maximum atomic E-state index is 11.9. The lowest BCUT2D eigenvalue weighted by Crippen LogP contribution is -2.12. The van der Waals surface area contributed by atoms with Gasteiger partial charge < -0.3 is 15.0 Å². The molecule has 0 unspecified atom stereocenters. The average molecular weight is 255 g/mol. The van der Waals surface area contributed by atoms with Crippen molar-refractivity contribution in [3.05, 3.63) is 47.8 Å². The number of carbonyl (C=O) groups is 1. The fraction of sp³-hybridized carbons (Fsp3) is 0.143. The molecule has 0 aliphatic rings. The van der Waals surface area contributed by atoms with Crippen LogP contribution in [0.15, 0.2) is 36.5 Å². The predicted molar refractivity (Wildman–Crippen MR) is 70.9 cm³/mol. The van der Waals surface area contributed by atoms with Gasteiger partial charge in [0.25, 0.3) is 0 Å². The number of nitriles is 1. The molecular weight excluding hydrogens is 242 g/mol. The number of rotatable bonds is 3.